The first-order valence-corrected chi connectivity index (χ1v) is 6.78. The van der Waals surface area contributed by atoms with Crippen LogP contribution in [0.2, 0.25) is 0 Å². The average Bonchev–Trinajstić information content (AvgIpc) is 2.18. The molecule has 0 spiro atoms. The molecule has 0 saturated carbocycles. The number of aliphatic hydroxyl groups excluding tert-OH is 1. The number of rotatable bonds is 5. The Morgan fingerprint density at radius 2 is 1.55 bits per heavy atom. The molecule has 0 unspecified atom stereocenters. The van der Waals surface area contributed by atoms with Crippen LogP contribution in [0.15, 0.2) is 0 Å². The van der Waals surface area contributed by atoms with Crippen LogP contribution in [0.3, 0.4) is 0 Å². The minimum absolute atomic E-state index is 0.0602. The van der Waals surface area contributed by atoms with Crippen LogP contribution in [0.5, 0.6) is 0 Å². The van der Waals surface area contributed by atoms with Crippen molar-refractivity contribution >= 4 is 12.1 Å². The molecule has 6 nitrogen and oxygen atoms in total. The van der Waals surface area contributed by atoms with E-state index in [2.05, 4.69) is 5.32 Å². The van der Waals surface area contributed by atoms with Crippen molar-refractivity contribution in [3.63, 3.8) is 0 Å². The Morgan fingerprint density at radius 3 is 1.95 bits per heavy atom. The second-order valence-corrected chi connectivity index (χ2v) is 6.60. The highest BCUT2D eigenvalue weighted by atomic mass is 16.6. The Hall–Kier alpha value is -1.30. The van der Waals surface area contributed by atoms with E-state index in [1.54, 1.807) is 41.5 Å². The molecule has 0 rings (SSSR count). The Bertz CT molecular complexity index is 327. The van der Waals surface area contributed by atoms with Crippen LogP contribution in [0.4, 0.5) is 4.79 Å². The predicted octanol–water partition coefficient (Wildman–Crippen LogP) is 1.99. The van der Waals surface area contributed by atoms with Crippen LogP contribution < -0.4 is 5.32 Å². The van der Waals surface area contributed by atoms with Gasteiger partial charge in [-0.1, -0.05) is 0 Å². The second kappa shape index (κ2) is 7.47. The normalized spacial score (nSPS) is 13.6. The molecule has 20 heavy (non-hydrogen) atoms. The van der Waals surface area contributed by atoms with Crippen molar-refractivity contribution in [3.05, 3.63) is 0 Å². The summed E-state index contributed by atoms with van der Waals surface area (Å²) < 4.78 is 10.3. The van der Waals surface area contributed by atoms with Crippen molar-refractivity contribution in [1.82, 2.24) is 5.32 Å². The summed E-state index contributed by atoms with van der Waals surface area (Å²) >= 11 is 0. The van der Waals surface area contributed by atoms with Gasteiger partial charge in [-0.05, 0) is 54.4 Å². The number of carbonyl (C=O) groups is 2. The first-order chi connectivity index (χ1) is 8.94. The zero-order valence-electron chi connectivity index (χ0n) is 13.3. The number of hydrogen-bond donors (Lipinski definition) is 2. The van der Waals surface area contributed by atoms with Gasteiger partial charge < -0.3 is 19.9 Å². The maximum Gasteiger partial charge on any atom is 0.408 e. The fourth-order valence-electron chi connectivity index (χ4n) is 1.37. The molecule has 0 aliphatic heterocycles. The SMILES string of the molecule is CC(C)(C)OC(=O)N[C@H](CCCO)C(=O)OC(C)(C)C. The van der Waals surface area contributed by atoms with E-state index in [4.69, 9.17) is 14.6 Å². The summed E-state index contributed by atoms with van der Waals surface area (Å²) in [6, 6.07) is -0.823. The number of nitrogens with one attached hydrogen (secondary N) is 1. The lowest BCUT2D eigenvalue weighted by atomic mass is 10.1. The fraction of sp³-hybridized carbons (Fsp3) is 0.857. The van der Waals surface area contributed by atoms with Crippen molar-refractivity contribution < 1.29 is 24.2 Å². The molecule has 0 bridgehead atoms. The van der Waals surface area contributed by atoms with E-state index < -0.39 is 29.3 Å². The molecule has 1 amide bonds. The van der Waals surface area contributed by atoms with Crippen molar-refractivity contribution in [2.45, 2.75) is 71.6 Å². The third-order valence-corrected chi connectivity index (χ3v) is 2.03. The molecular weight excluding hydrogens is 262 g/mol. The van der Waals surface area contributed by atoms with E-state index >= 15 is 0 Å². The molecule has 0 saturated heterocycles. The summed E-state index contributed by atoms with van der Waals surface area (Å²) in [4.78, 5) is 23.7. The number of amides is 1. The minimum Gasteiger partial charge on any atom is -0.458 e. The number of carbonyl (C=O) groups excluding carboxylic acids is 2. The number of esters is 1. The monoisotopic (exact) mass is 289 g/mol. The predicted molar refractivity (Wildman–Crippen MR) is 75.3 cm³/mol. The summed E-state index contributed by atoms with van der Waals surface area (Å²) in [5.74, 6) is -0.531. The Morgan fingerprint density at radius 1 is 1.05 bits per heavy atom. The van der Waals surface area contributed by atoms with Gasteiger partial charge in [0.25, 0.3) is 0 Å². The van der Waals surface area contributed by atoms with Gasteiger partial charge in [-0.3, -0.25) is 0 Å². The Kier molecular flexibility index (Phi) is 6.99. The van der Waals surface area contributed by atoms with Gasteiger partial charge in [-0.15, -0.1) is 0 Å². The molecule has 118 valence electrons. The van der Waals surface area contributed by atoms with E-state index in [-0.39, 0.29) is 6.61 Å². The lowest BCUT2D eigenvalue weighted by Gasteiger charge is -2.26. The van der Waals surface area contributed by atoms with Crippen LogP contribution in [0.25, 0.3) is 0 Å². The quantitative estimate of drug-likeness (QED) is 0.756. The van der Waals surface area contributed by atoms with Gasteiger partial charge in [0.2, 0.25) is 0 Å². The topological polar surface area (TPSA) is 84.9 Å². The fourth-order valence-corrected chi connectivity index (χ4v) is 1.37. The Labute approximate surface area is 120 Å². The second-order valence-electron chi connectivity index (χ2n) is 6.60. The maximum absolute atomic E-state index is 12.0. The zero-order chi connectivity index (χ0) is 16.0. The molecule has 0 radical (unpaired) electrons. The molecule has 0 aromatic carbocycles. The summed E-state index contributed by atoms with van der Waals surface area (Å²) in [7, 11) is 0. The van der Waals surface area contributed by atoms with Gasteiger partial charge in [0.1, 0.15) is 17.2 Å². The molecule has 0 aromatic rings. The standard InChI is InChI=1S/C14H27NO5/c1-13(2,3)19-11(17)10(8-7-9-16)15-12(18)20-14(4,5)6/h10,16H,7-9H2,1-6H3,(H,15,18)/t10-/m1/s1. The van der Waals surface area contributed by atoms with Crippen molar-refractivity contribution in [3.8, 4) is 0 Å². The van der Waals surface area contributed by atoms with Crippen LogP contribution in [-0.4, -0.2) is 41.0 Å². The molecule has 0 heterocycles. The van der Waals surface area contributed by atoms with Gasteiger partial charge in [0, 0.05) is 6.61 Å². The van der Waals surface area contributed by atoms with Crippen LogP contribution >= 0.6 is 0 Å². The number of ether oxygens (including phenoxy) is 2. The smallest absolute Gasteiger partial charge is 0.408 e. The highest BCUT2D eigenvalue weighted by Crippen LogP contribution is 2.12. The molecule has 0 aliphatic carbocycles. The van der Waals surface area contributed by atoms with Gasteiger partial charge in [-0.25, -0.2) is 9.59 Å². The molecule has 6 heteroatoms. The van der Waals surface area contributed by atoms with Crippen molar-refractivity contribution in [2.24, 2.45) is 0 Å². The van der Waals surface area contributed by atoms with Crippen LogP contribution in [-0.2, 0) is 14.3 Å². The lowest BCUT2D eigenvalue weighted by Crippen LogP contribution is -2.46. The largest absolute Gasteiger partial charge is 0.458 e. The minimum atomic E-state index is -0.823. The van der Waals surface area contributed by atoms with Crippen LogP contribution in [0.1, 0.15) is 54.4 Å². The first-order valence-electron chi connectivity index (χ1n) is 6.78. The summed E-state index contributed by atoms with van der Waals surface area (Å²) in [5.41, 5.74) is -1.27. The van der Waals surface area contributed by atoms with Crippen LogP contribution in [0, 0.1) is 0 Å². The van der Waals surface area contributed by atoms with Gasteiger partial charge in [0.05, 0.1) is 0 Å². The maximum atomic E-state index is 12.0. The van der Waals surface area contributed by atoms with E-state index in [1.165, 1.54) is 0 Å². The first kappa shape index (κ1) is 18.7. The summed E-state index contributed by atoms with van der Waals surface area (Å²) in [6.45, 7) is 10.4. The highest BCUT2D eigenvalue weighted by molar-refractivity contribution is 5.81. The van der Waals surface area contributed by atoms with E-state index in [0.29, 0.717) is 12.8 Å². The number of aliphatic hydroxyl groups is 1. The van der Waals surface area contributed by atoms with E-state index in [0.717, 1.165) is 0 Å². The number of hydrogen-bond acceptors (Lipinski definition) is 5. The zero-order valence-corrected chi connectivity index (χ0v) is 13.3. The summed E-state index contributed by atoms with van der Waals surface area (Å²) in [5, 5.41) is 11.3. The third-order valence-electron chi connectivity index (χ3n) is 2.03. The molecule has 0 aliphatic rings. The van der Waals surface area contributed by atoms with Crippen molar-refractivity contribution in [1.29, 1.82) is 0 Å². The van der Waals surface area contributed by atoms with Gasteiger partial charge in [0.15, 0.2) is 0 Å². The Balaban J connectivity index is 4.63. The van der Waals surface area contributed by atoms with Gasteiger partial charge >= 0.3 is 12.1 Å². The number of alkyl carbamates (subject to hydrolysis) is 1. The molecule has 0 aromatic heterocycles. The van der Waals surface area contributed by atoms with E-state index in [1.807, 2.05) is 0 Å². The third kappa shape index (κ3) is 9.61. The summed E-state index contributed by atoms with van der Waals surface area (Å²) in [6.07, 6.45) is 0.0102. The highest BCUT2D eigenvalue weighted by Gasteiger charge is 2.28. The lowest BCUT2D eigenvalue weighted by molar-refractivity contribution is -0.157. The van der Waals surface area contributed by atoms with Gasteiger partial charge in [-0.2, -0.15) is 0 Å². The molecule has 1 atom stereocenters. The van der Waals surface area contributed by atoms with Crippen molar-refractivity contribution in [2.75, 3.05) is 6.61 Å². The van der Waals surface area contributed by atoms with E-state index in [9.17, 15) is 9.59 Å². The average molecular weight is 289 g/mol. The molecular formula is C14H27NO5. The molecule has 2 N–H and O–H groups in total. The molecule has 0 fully saturated rings.